The van der Waals surface area contributed by atoms with Gasteiger partial charge in [0.2, 0.25) is 0 Å². The lowest BCUT2D eigenvalue weighted by molar-refractivity contribution is 0.866. The Hall–Kier alpha value is -3.15. The van der Waals surface area contributed by atoms with E-state index in [4.69, 9.17) is 0 Å². The van der Waals surface area contributed by atoms with E-state index in [2.05, 4.69) is 68.6 Å². The molecule has 0 amide bonds. The number of benzene rings is 1. The van der Waals surface area contributed by atoms with E-state index in [0.29, 0.717) is 6.54 Å². The highest BCUT2D eigenvalue weighted by Gasteiger charge is 2.03. The van der Waals surface area contributed by atoms with Gasteiger partial charge in [0.25, 0.3) is 0 Å². The van der Waals surface area contributed by atoms with Crippen molar-refractivity contribution in [2.75, 3.05) is 28.6 Å². The van der Waals surface area contributed by atoms with E-state index in [9.17, 15) is 0 Å². The van der Waals surface area contributed by atoms with E-state index in [-0.39, 0.29) is 0 Å². The molecule has 0 saturated carbocycles. The molecule has 6 heteroatoms. The van der Waals surface area contributed by atoms with E-state index >= 15 is 0 Å². The first kappa shape index (κ1) is 17.7. The lowest BCUT2D eigenvalue weighted by Gasteiger charge is -2.21. The molecular weight excluding hydrogens is 324 g/mol. The molecule has 0 saturated heterocycles. The summed E-state index contributed by atoms with van der Waals surface area (Å²) in [6.45, 7) is 7.00. The normalized spacial score (nSPS) is 10.4. The quantitative estimate of drug-likeness (QED) is 0.640. The monoisotopic (exact) mass is 348 g/mol. The molecule has 2 N–H and O–H groups in total. The number of anilines is 4. The molecule has 134 valence electrons. The van der Waals surface area contributed by atoms with Gasteiger partial charge in [0, 0.05) is 49.5 Å². The van der Waals surface area contributed by atoms with Crippen molar-refractivity contribution in [3.63, 3.8) is 0 Å². The Labute approximate surface area is 154 Å². The molecular formula is C20H24N6. The van der Waals surface area contributed by atoms with E-state index in [1.807, 2.05) is 24.4 Å². The second-order valence-corrected chi connectivity index (χ2v) is 5.85. The molecule has 0 radical (unpaired) electrons. The van der Waals surface area contributed by atoms with Crippen LogP contribution < -0.4 is 15.5 Å². The number of aromatic nitrogens is 3. The van der Waals surface area contributed by atoms with Gasteiger partial charge in [0.1, 0.15) is 18.0 Å². The van der Waals surface area contributed by atoms with Crippen LogP contribution in [0.15, 0.2) is 61.2 Å². The van der Waals surface area contributed by atoms with Crippen LogP contribution in [0.3, 0.4) is 0 Å². The Bertz CT molecular complexity index is 800. The topological polar surface area (TPSA) is 66.0 Å². The van der Waals surface area contributed by atoms with Gasteiger partial charge >= 0.3 is 0 Å². The Morgan fingerprint density at radius 3 is 2.42 bits per heavy atom. The van der Waals surface area contributed by atoms with Crippen molar-refractivity contribution in [1.82, 2.24) is 15.0 Å². The molecule has 0 unspecified atom stereocenters. The van der Waals surface area contributed by atoms with Crippen molar-refractivity contribution in [3.05, 3.63) is 66.7 Å². The highest BCUT2D eigenvalue weighted by molar-refractivity contribution is 5.62. The summed E-state index contributed by atoms with van der Waals surface area (Å²) in [5, 5.41) is 6.61. The molecule has 3 aromatic rings. The summed E-state index contributed by atoms with van der Waals surface area (Å²) in [6, 6.07) is 14.2. The number of rotatable bonds is 8. The fourth-order valence-corrected chi connectivity index (χ4v) is 2.71. The summed E-state index contributed by atoms with van der Waals surface area (Å²) in [5.74, 6) is 1.52. The van der Waals surface area contributed by atoms with E-state index < -0.39 is 0 Å². The minimum atomic E-state index is 0.670. The minimum Gasteiger partial charge on any atom is -0.372 e. The molecule has 2 heterocycles. The predicted molar refractivity (Wildman–Crippen MR) is 107 cm³/mol. The SMILES string of the molecule is CCN(CC)c1ccc(Nc2cc(NCc3cccnc3)ncn2)cc1. The van der Waals surface area contributed by atoms with Crippen LogP contribution in [-0.4, -0.2) is 28.0 Å². The average molecular weight is 348 g/mol. The van der Waals surface area contributed by atoms with Gasteiger partial charge in [0.15, 0.2) is 0 Å². The summed E-state index contributed by atoms with van der Waals surface area (Å²) in [7, 11) is 0. The summed E-state index contributed by atoms with van der Waals surface area (Å²) in [6.07, 6.45) is 5.16. The Morgan fingerprint density at radius 1 is 0.962 bits per heavy atom. The zero-order valence-electron chi connectivity index (χ0n) is 15.2. The Balaban J connectivity index is 1.63. The summed E-state index contributed by atoms with van der Waals surface area (Å²) < 4.78 is 0. The molecule has 0 aliphatic rings. The first-order valence-electron chi connectivity index (χ1n) is 8.85. The third-order valence-electron chi connectivity index (χ3n) is 4.13. The number of hydrogen-bond acceptors (Lipinski definition) is 6. The van der Waals surface area contributed by atoms with Gasteiger partial charge in [-0.1, -0.05) is 6.07 Å². The average Bonchev–Trinajstić information content (AvgIpc) is 2.70. The smallest absolute Gasteiger partial charge is 0.135 e. The van der Waals surface area contributed by atoms with Gasteiger partial charge in [-0.3, -0.25) is 4.98 Å². The standard InChI is InChI=1S/C20H24N6/c1-3-26(4-2)18-9-7-17(8-10-18)25-20-12-19(23-15-24-20)22-14-16-6-5-11-21-13-16/h5-13,15H,3-4,14H2,1-2H3,(H2,22,23,24,25). The zero-order chi connectivity index (χ0) is 18.2. The van der Waals surface area contributed by atoms with Crippen LogP contribution in [0, 0.1) is 0 Å². The maximum Gasteiger partial charge on any atom is 0.135 e. The lowest BCUT2D eigenvalue weighted by atomic mass is 10.2. The molecule has 0 aliphatic carbocycles. The highest BCUT2D eigenvalue weighted by atomic mass is 15.1. The molecule has 0 spiro atoms. The van der Waals surface area contributed by atoms with Crippen LogP contribution in [0.2, 0.25) is 0 Å². The minimum absolute atomic E-state index is 0.670. The van der Waals surface area contributed by atoms with Crippen LogP contribution in [0.4, 0.5) is 23.0 Å². The molecule has 26 heavy (non-hydrogen) atoms. The van der Waals surface area contributed by atoms with Gasteiger partial charge in [0.05, 0.1) is 0 Å². The summed E-state index contributed by atoms with van der Waals surface area (Å²) in [4.78, 5) is 15.0. The van der Waals surface area contributed by atoms with Crippen molar-refractivity contribution in [3.8, 4) is 0 Å². The molecule has 1 aromatic carbocycles. The van der Waals surface area contributed by atoms with Crippen LogP contribution in [0.25, 0.3) is 0 Å². The number of nitrogens with one attached hydrogen (secondary N) is 2. The summed E-state index contributed by atoms with van der Waals surface area (Å²) >= 11 is 0. The first-order valence-corrected chi connectivity index (χ1v) is 8.85. The molecule has 6 nitrogen and oxygen atoms in total. The Morgan fingerprint density at radius 2 is 1.73 bits per heavy atom. The van der Waals surface area contributed by atoms with E-state index in [1.165, 1.54) is 5.69 Å². The summed E-state index contributed by atoms with van der Waals surface area (Å²) in [5.41, 5.74) is 3.33. The van der Waals surface area contributed by atoms with Crippen LogP contribution in [-0.2, 0) is 6.54 Å². The van der Waals surface area contributed by atoms with Crippen molar-refractivity contribution in [2.24, 2.45) is 0 Å². The fraction of sp³-hybridized carbons (Fsp3) is 0.250. The Kier molecular flexibility index (Phi) is 5.98. The largest absolute Gasteiger partial charge is 0.372 e. The lowest BCUT2D eigenvalue weighted by Crippen LogP contribution is -2.21. The van der Waals surface area contributed by atoms with E-state index in [1.54, 1.807) is 12.5 Å². The molecule has 2 aromatic heterocycles. The maximum atomic E-state index is 4.29. The number of pyridine rings is 1. The molecule has 0 bridgehead atoms. The second kappa shape index (κ2) is 8.80. The molecule has 0 atom stereocenters. The van der Waals surface area contributed by atoms with Crippen molar-refractivity contribution in [2.45, 2.75) is 20.4 Å². The third-order valence-corrected chi connectivity index (χ3v) is 4.13. The first-order chi connectivity index (χ1) is 12.8. The number of nitrogens with zero attached hydrogens (tertiary/aromatic N) is 4. The molecule has 0 fully saturated rings. The van der Waals surface area contributed by atoms with Crippen LogP contribution in [0.5, 0.6) is 0 Å². The van der Waals surface area contributed by atoms with E-state index in [0.717, 1.165) is 36.0 Å². The second-order valence-electron chi connectivity index (χ2n) is 5.85. The highest BCUT2D eigenvalue weighted by Crippen LogP contribution is 2.21. The van der Waals surface area contributed by atoms with Gasteiger partial charge in [-0.05, 0) is 49.7 Å². The molecule has 3 rings (SSSR count). The fourth-order valence-electron chi connectivity index (χ4n) is 2.71. The van der Waals surface area contributed by atoms with Crippen molar-refractivity contribution >= 4 is 23.0 Å². The molecule has 0 aliphatic heterocycles. The zero-order valence-corrected chi connectivity index (χ0v) is 15.2. The van der Waals surface area contributed by atoms with Gasteiger partial charge in [-0.15, -0.1) is 0 Å². The van der Waals surface area contributed by atoms with Crippen molar-refractivity contribution in [1.29, 1.82) is 0 Å². The van der Waals surface area contributed by atoms with Crippen molar-refractivity contribution < 1.29 is 0 Å². The van der Waals surface area contributed by atoms with Gasteiger partial charge in [-0.2, -0.15) is 0 Å². The van der Waals surface area contributed by atoms with Gasteiger partial charge in [-0.25, -0.2) is 9.97 Å². The predicted octanol–water partition coefficient (Wildman–Crippen LogP) is 4.07. The number of hydrogen-bond donors (Lipinski definition) is 2. The van der Waals surface area contributed by atoms with Crippen LogP contribution >= 0.6 is 0 Å². The maximum absolute atomic E-state index is 4.29. The third kappa shape index (κ3) is 4.69. The van der Waals surface area contributed by atoms with Crippen LogP contribution in [0.1, 0.15) is 19.4 Å². The van der Waals surface area contributed by atoms with Gasteiger partial charge < -0.3 is 15.5 Å².